The number of likely N-dealkylation sites (tertiary alicyclic amines) is 1. The maximum absolute atomic E-state index is 12.8. The Labute approximate surface area is 210 Å². The van der Waals surface area contributed by atoms with E-state index in [4.69, 9.17) is 4.98 Å². The minimum Gasteiger partial charge on any atom is -0.369 e. The first-order valence-corrected chi connectivity index (χ1v) is 13.1. The predicted molar refractivity (Wildman–Crippen MR) is 140 cm³/mol. The second-order valence-electron chi connectivity index (χ2n) is 10.4. The van der Waals surface area contributed by atoms with Crippen LogP contribution in [0.3, 0.4) is 0 Å². The van der Waals surface area contributed by atoms with E-state index in [0.717, 1.165) is 44.7 Å². The largest absolute Gasteiger partial charge is 0.369 e. The molecule has 6 rings (SSSR count). The molecule has 2 aromatic heterocycles. The van der Waals surface area contributed by atoms with Crippen molar-refractivity contribution in [2.75, 3.05) is 56.5 Å². The van der Waals surface area contributed by atoms with Crippen LogP contribution in [0.4, 0.5) is 16.2 Å². The van der Waals surface area contributed by atoms with Crippen molar-refractivity contribution in [3.05, 3.63) is 46.6 Å². The molecule has 3 aliphatic rings. The molecule has 3 aromatic rings. The fourth-order valence-electron chi connectivity index (χ4n) is 5.58. The van der Waals surface area contributed by atoms with Crippen LogP contribution in [0, 0.1) is 0 Å². The van der Waals surface area contributed by atoms with E-state index < -0.39 is 0 Å². The molecule has 190 valence electrons. The van der Waals surface area contributed by atoms with Gasteiger partial charge in [-0.2, -0.15) is 5.10 Å². The number of nitrogens with zero attached hydrogens (tertiary/aromatic N) is 6. The predicted octanol–water partition coefficient (Wildman–Crippen LogP) is 3.01. The number of anilines is 2. The highest BCUT2D eigenvalue weighted by Crippen LogP contribution is 2.30. The highest BCUT2D eigenvalue weighted by atomic mass is 16.2. The second-order valence-corrected chi connectivity index (χ2v) is 10.4. The van der Waals surface area contributed by atoms with Crippen LogP contribution in [-0.2, 0) is 0 Å². The number of rotatable bonds is 4. The van der Waals surface area contributed by atoms with Gasteiger partial charge in [-0.3, -0.25) is 4.79 Å². The monoisotopic (exact) mass is 490 g/mol. The van der Waals surface area contributed by atoms with Crippen LogP contribution in [0.5, 0.6) is 0 Å². The van der Waals surface area contributed by atoms with Crippen molar-refractivity contribution < 1.29 is 4.79 Å². The molecule has 0 atom stereocenters. The number of piperazine rings is 1. The van der Waals surface area contributed by atoms with E-state index in [9.17, 15) is 9.59 Å². The molecule has 10 nitrogen and oxygen atoms in total. The van der Waals surface area contributed by atoms with Gasteiger partial charge in [-0.15, -0.1) is 0 Å². The Morgan fingerprint density at radius 1 is 1.03 bits per heavy atom. The van der Waals surface area contributed by atoms with Crippen LogP contribution in [0.2, 0.25) is 0 Å². The summed E-state index contributed by atoms with van der Waals surface area (Å²) in [4.78, 5) is 39.7. The van der Waals surface area contributed by atoms with Crippen LogP contribution in [0.1, 0.15) is 49.9 Å². The Morgan fingerprint density at radius 2 is 1.75 bits per heavy atom. The molecular weight excluding hydrogens is 456 g/mol. The van der Waals surface area contributed by atoms with E-state index in [1.165, 1.54) is 24.9 Å². The van der Waals surface area contributed by atoms with Crippen LogP contribution in [-0.4, -0.2) is 81.9 Å². The van der Waals surface area contributed by atoms with Crippen LogP contribution < -0.4 is 15.8 Å². The lowest BCUT2D eigenvalue weighted by Gasteiger charge is -2.38. The number of hydrogen-bond acceptors (Lipinski definition) is 6. The van der Waals surface area contributed by atoms with Crippen LogP contribution in [0.25, 0.3) is 11.0 Å². The highest BCUT2D eigenvalue weighted by Gasteiger charge is 2.34. The van der Waals surface area contributed by atoms with E-state index in [1.807, 2.05) is 16.8 Å². The summed E-state index contributed by atoms with van der Waals surface area (Å²) in [7, 11) is 2.15. The number of aromatic amines is 1. The lowest BCUT2D eigenvalue weighted by atomic mass is 9.96. The van der Waals surface area contributed by atoms with Crippen LogP contribution >= 0.6 is 0 Å². The smallest absolute Gasteiger partial charge is 0.321 e. The fraction of sp³-hybridized carbons (Fsp3) is 0.538. The van der Waals surface area contributed by atoms with Gasteiger partial charge in [0.1, 0.15) is 11.2 Å². The third kappa shape index (κ3) is 4.45. The summed E-state index contributed by atoms with van der Waals surface area (Å²) in [5.41, 5.74) is 2.48. The summed E-state index contributed by atoms with van der Waals surface area (Å²) >= 11 is 0. The minimum atomic E-state index is -0.152. The van der Waals surface area contributed by atoms with Crippen LogP contribution in [0.15, 0.2) is 35.3 Å². The first-order valence-electron chi connectivity index (χ1n) is 13.1. The number of nitrogens with one attached hydrogen (secondary N) is 2. The first kappa shape index (κ1) is 23.0. The van der Waals surface area contributed by atoms with Crippen molar-refractivity contribution in [1.82, 2.24) is 29.5 Å². The average molecular weight is 491 g/mol. The van der Waals surface area contributed by atoms with Gasteiger partial charge in [0.25, 0.3) is 5.56 Å². The Balaban J connectivity index is 1.08. The lowest BCUT2D eigenvalue weighted by Crippen LogP contribution is -2.51. The molecule has 2 aliphatic heterocycles. The fourth-order valence-corrected chi connectivity index (χ4v) is 5.58. The molecule has 0 spiro atoms. The Morgan fingerprint density at radius 3 is 2.47 bits per heavy atom. The average Bonchev–Trinajstić information content (AvgIpc) is 3.29. The summed E-state index contributed by atoms with van der Waals surface area (Å²) in [5.74, 6) is 0.660. The normalized spacial score (nSPS) is 20.0. The maximum atomic E-state index is 12.8. The SMILES string of the molecule is CN1CCN(c2ccc(NC(=O)N3CC(c4nc5c(cnn5C5CCCCC5)c(=O)[nH]4)C3)cc2)CC1. The van der Waals surface area contributed by atoms with E-state index >= 15 is 0 Å². The molecule has 36 heavy (non-hydrogen) atoms. The molecular formula is C26H34N8O2. The summed E-state index contributed by atoms with van der Waals surface area (Å²) < 4.78 is 1.95. The second kappa shape index (κ2) is 9.57. The number of benzene rings is 1. The molecule has 1 aliphatic carbocycles. The van der Waals surface area contributed by atoms with Gasteiger partial charge in [-0.25, -0.2) is 14.5 Å². The molecule has 2 N–H and O–H groups in total. The number of carbonyl (C=O) groups is 1. The molecule has 2 amide bonds. The number of hydrogen-bond donors (Lipinski definition) is 2. The number of amides is 2. The van der Waals surface area contributed by atoms with Crippen molar-refractivity contribution >= 4 is 28.4 Å². The summed E-state index contributed by atoms with van der Waals surface area (Å²) in [6.45, 7) is 5.20. The Bertz CT molecular complexity index is 1280. The molecule has 10 heteroatoms. The molecule has 0 bridgehead atoms. The lowest BCUT2D eigenvalue weighted by molar-refractivity contribution is 0.161. The van der Waals surface area contributed by atoms with Gasteiger partial charge in [-0.05, 0) is 44.2 Å². The minimum absolute atomic E-state index is 0.0159. The number of fused-ring (bicyclic) bond motifs is 1. The first-order chi connectivity index (χ1) is 17.5. The zero-order chi connectivity index (χ0) is 24.6. The summed E-state index contributed by atoms with van der Waals surface area (Å²) in [6, 6.07) is 8.24. The zero-order valence-corrected chi connectivity index (χ0v) is 20.8. The molecule has 0 unspecified atom stereocenters. The molecule has 4 heterocycles. The quantitative estimate of drug-likeness (QED) is 0.583. The summed E-state index contributed by atoms with van der Waals surface area (Å²) in [6.07, 6.45) is 7.42. The van der Waals surface area contributed by atoms with Gasteiger partial charge in [0.15, 0.2) is 5.65 Å². The molecule has 1 aromatic carbocycles. The summed E-state index contributed by atoms with van der Waals surface area (Å²) in [5, 5.41) is 8.04. The van der Waals surface area contributed by atoms with Gasteiger partial charge < -0.3 is 25.0 Å². The number of aromatic nitrogens is 4. The molecule has 0 radical (unpaired) electrons. The van der Waals surface area contributed by atoms with E-state index in [-0.39, 0.29) is 17.5 Å². The molecule has 3 fully saturated rings. The third-order valence-corrected chi connectivity index (χ3v) is 7.94. The van der Waals surface area contributed by atoms with Crippen molar-refractivity contribution in [2.45, 2.75) is 44.1 Å². The number of carbonyl (C=O) groups excluding carboxylic acids is 1. The Kier molecular flexibility index (Phi) is 6.12. The number of likely N-dealkylation sites (N-methyl/N-ethyl adjacent to an activating group) is 1. The van der Waals surface area contributed by atoms with Gasteiger partial charge in [0, 0.05) is 50.6 Å². The van der Waals surface area contributed by atoms with Crippen molar-refractivity contribution in [3.8, 4) is 0 Å². The maximum Gasteiger partial charge on any atom is 0.321 e. The van der Waals surface area contributed by atoms with E-state index in [1.54, 1.807) is 11.1 Å². The Hall–Kier alpha value is -3.40. The van der Waals surface area contributed by atoms with E-state index in [0.29, 0.717) is 36.0 Å². The van der Waals surface area contributed by atoms with Crippen molar-refractivity contribution in [1.29, 1.82) is 0 Å². The van der Waals surface area contributed by atoms with E-state index in [2.05, 4.69) is 44.4 Å². The van der Waals surface area contributed by atoms with Gasteiger partial charge in [0.2, 0.25) is 0 Å². The van der Waals surface area contributed by atoms with Gasteiger partial charge in [0.05, 0.1) is 18.2 Å². The number of H-pyrrole nitrogens is 1. The third-order valence-electron chi connectivity index (χ3n) is 7.94. The topological polar surface area (TPSA) is 102 Å². The molecule has 1 saturated carbocycles. The molecule has 2 saturated heterocycles. The zero-order valence-electron chi connectivity index (χ0n) is 20.8. The van der Waals surface area contributed by atoms with Gasteiger partial charge in [-0.1, -0.05) is 19.3 Å². The standard InChI is InChI=1S/C26H34N8O2/c1-31-11-13-32(14-12-31)20-9-7-19(8-10-20)28-26(36)33-16-18(17-33)23-29-24-22(25(35)30-23)15-27-34(24)21-5-3-2-4-6-21/h7-10,15,18,21H,2-6,11-14,16-17H2,1H3,(H,28,36)(H,29,30,35). The van der Waals surface area contributed by atoms with Crippen molar-refractivity contribution in [3.63, 3.8) is 0 Å². The number of urea groups is 1. The van der Waals surface area contributed by atoms with Gasteiger partial charge >= 0.3 is 6.03 Å². The van der Waals surface area contributed by atoms with Crippen molar-refractivity contribution in [2.24, 2.45) is 0 Å². The highest BCUT2D eigenvalue weighted by molar-refractivity contribution is 5.90.